The molecular weight excluding hydrogens is 485 g/mol. The Morgan fingerprint density at radius 1 is 0.892 bits per heavy atom. The molecule has 0 spiro atoms. The monoisotopic (exact) mass is 508 g/mol. The Labute approximate surface area is 210 Å². The van der Waals surface area contributed by atoms with E-state index in [1.165, 1.54) is 0 Å². The Balaban J connectivity index is 1.15. The molecule has 2 aliphatic heterocycles. The van der Waals surface area contributed by atoms with E-state index in [9.17, 15) is 18.0 Å². The van der Waals surface area contributed by atoms with Gasteiger partial charge in [0.2, 0.25) is 17.8 Å². The normalized spacial score (nSPS) is 19.2. The molecule has 6 rings (SSSR count). The summed E-state index contributed by atoms with van der Waals surface area (Å²) in [5.74, 6) is 0.949. The molecule has 2 saturated heterocycles. The molecule has 37 heavy (non-hydrogen) atoms. The molecule has 0 aliphatic carbocycles. The van der Waals surface area contributed by atoms with Crippen LogP contribution < -0.4 is 9.80 Å². The highest BCUT2D eigenvalue weighted by Gasteiger charge is 2.36. The van der Waals surface area contributed by atoms with Gasteiger partial charge in [-0.05, 0) is 30.3 Å². The molecule has 9 nitrogen and oxygen atoms in total. The average molecular weight is 509 g/mol. The molecule has 1 unspecified atom stereocenters. The van der Waals surface area contributed by atoms with E-state index in [1.54, 1.807) is 29.2 Å². The average Bonchev–Trinajstić information content (AvgIpc) is 3.52. The van der Waals surface area contributed by atoms with Crippen LogP contribution in [0.25, 0.3) is 16.9 Å². The van der Waals surface area contributed by atoms with Crippen LogP contribution in [0.4, 0.5) is 24.8 Å². The molecule has 0 bridgehead atoms. The van der Waals surface area contributed by atoms with Gasteiger partial charge in [-0.1, -0.05) is 0 Å². The largest absolute Gasteiger partial charge is 0.419 e. The van der Waals surface area contributed by atoms with Crippen molar-refractivity contribution in [2.45, 2.75) is 18.6 Å². The van der Waals surface area contributed by atoms with Crippen molar-refractivity contribution in [3.63, 3.8) is 0 Å². The smallest absolute Gasteiger partial charge is 0.338 e. The van der Waals surface area contributed by atoms with Crippen molar-refractivity contribution in [1.82, 2.24) is 29.4 Å². The lowest BCUT2D eigenvalue weighted by molar-refractivity contribution is -0.138. The second-order valence-electron chi connectivity index (χ2n) is 9.13. The molecule has 2 aliphatic rings. The summed E-state index contributed by atoms with van der Waals surface area (Å²) in [5.41, 5.74) is 0.639. The van der Waals surface area contributed by atoms with Crippen LogP contribution in [0.2, 0.25) is 0 Å². The first kappa shape index (κ1) is 23.3. The third-order valence-corrected chi connectivity index (χ3v) is 6.94. The van der Waals surface area contributed by atoms with E-state index in [1.807, 2.05) is 29.2 Å². The molecule has 2 fully saturated rings. The Hall–Kier alpha value is -4.06. The highest BCUT2D eigenvalue weighted by molar-refractivity contribution is 5.98. The van der Waals surface area contributed by atoms with E-state index >= 15 is 0 Å². The number of anilines is 2. The number of carbonyl (C=O) groups is 1. The molecule has 190 valence electrons. The number of hydrogen-bond acceptors (Lipinski definition) is 7. The van der Waals surface area contributed by atoms with Gasteiger partial charge in [-0.25, -0.2) is 19.9 Å². The fourth-order valence-electron chi connectivity index (χ4n) is 4.99. The molecule has 5 heterocycles. The molecule has 1 amide bonds. The Bertz CT molecular complexity index is 1420. The van der Waals surface area contributed by atoms with E-state index in [2.05, 4.69) is 29.7 Å². The molecule has 0 radical (unpaired) electrons. The quantitative estimate of drug-likeness (QED) is 0.419. The van der Waals surface area contributed by atoms with Crippen LogP contribution in [0.5, 0.6) is 0 Å². The second-order valence-corrected chi connectivity index (χ2v) is 9.13. The third kappa shape index (κ3) is 4.48. The minimum atomic E-state index is -4.49. The van der Waals surface area contributed by atoms with Crippen molar-refractivity contribution >= 4 is 28.4 Å². The van der Waals surface area contributed by atoms with Gasteiger partial charge in [-0.15, -0.1) is 0 Å². The highest BCUT2D eigenvalue weighted by Crippen LogP contribution is 2.31. The lowest BCUT2D eigenvalue weighted by Gasteiger charge is -2.37. The van der Waals surface area contributed by atoms with Crippen molar-refractivity contribution in [2.24, 2.45) is 0 Å². The van der Waals surface area contributed by atoms with Crippen LogP contribution in [-0.4, -0.2) is 74.1 Å². The van der Waals surface area contributed by atoms with Gasteiger partial charge in [0.1, 0.15) is 0 Å². The molecule has 4 aromatic rings. The number of fused-ring (bicyclic) bond motifs is 1. The number of piperazine rings is 1. The van der Waals surface area contributed by atoms with Crippen molar-refractivity contribution in [3.8, 4) is 5.95 Å². The molecular formula is C25H23F3N8O. The van der Waals surface area contributed by atoms with Gasteiger partial charge in [0.25, 0.3) is 0 Å². The van der Waals surface area contributed by atoms with Crippen LogP contribution in [0, 0.1) is 0 Å². The summed E-state index contributed by atoms with van der Waals surface area (Å²) in [6.07, 6.45) is 2.71. The summed E-state index contributed by atoms with van der Waals surface area (Å²) in [4.78, 5) is 35.7. The molecule has 0 saturated carbocycles. The fourth-order valence-corrected chi connectivity index (χ4v) is 4.99. The van der Waals surface area contributed by atoms with Crippen LogP contribution in [0.3, 0.4) is 0 Å². The summed E-state index contributed by atoms with van der Waals surface area (Å²) < 4.78 is 40.2. The Morgan fingerprint density at radius 3 is 2.32 bits per heavy atom. The Morgan fingerprint density at radius 2 is 1.62 bits per heavy atom. The minimum Gasteiger partial charge on any atom is -0.338 e. The number of alkyl halides is 3. The van der Waals surface area contributed by atoms with Crippen LogP contribution in [0.15, 0.2) is 61.3 Å². The van der Waals surface area contributed by atoms with Crippen molar-refractivity contribution in [3.05, 3.63) is 66.9 Å². The maximum Gasteiger partial charge on any atom is 0.419 e. The number of hydrogen-bond donors (Lipinski definition) is 0. The van der Waals surface area contributed by atoms with Crippen LogP contribution >= 0.6 is 0 Å². The van der Waals surface area contributed by atoms with Gasteiger partial charge in [0.15, 0.2) is 0 Å². The first-order valence-electron chi connectivity index (χ1n) is 11.9. The molecule has 1 aromatic carbocycles. The van der Waals surface area contributed by atoms with Gasteiger partial charge in [-0.2, -0.15) is 13.2 Å². The number of benzene rings is 1. The van der Waals surface area contributed by atoms with Crippen LogP contribution in [0.1, 0.15) is 12.0 Å². The second kappa shape index (κ2) is 9.11. The van der Waals surface area contributed by atoms with E-state index < -0.39 is 11.7 Å². The SMILES string of the molecule is O=C1CC(N2CCN(c3ncccn3)CC2)CN1c1ccc2c(ccn2-c2ncc(C(F)(F)F)cn2)c1. The number of halogens is 3. The zero-order chi connectivity index (χ0) is 25.6. The van der Waals surface area contributed by atoms with Gasteiger partial charge >= 0.3 is 6.18 Å². The number of carbonyl (C=O) groups excluding carboxylic acids is 1. The first-order chi connectivity index (χ1) is 17.9. The topological polar surface area (TPSA) is 83.3 Å². The summed E-state index contributed by atoms with van der Waals surface area (Å²) >= 11 is 0. The number of nitrogens with zero attached hydrogens (tertiary/aromatic N) is 8. The lowest BCUT2D eigenvalue weighted by atomic mass is 10.2. The van der Waals surface area contributed by atoms with E-state index in [-0.39, 0.29) is 17.9 Å². The molecule has 12 heteroatoms. The summed E-state index contributed by atoms with van der Waals surface area (Å²) in [6, 6.07) is 9.38. The minimum absolute atomic E-state index is 0.0728. The predicted molar refractivity (Wildman–Crippen MR) is 130 cm³/mol. The van der Waals surface area contributed by atoms with Gasteiger partial charge in [0.05, 0.1) is 11.1 Å². The number of aromatic nitrogens is 5. The zero-order valence-electron chi connectivity index (χ0n) is 19.7. The fraction of sp³-hybridized carbons (Fsp3) is 0.320. The Kier molecular flexibility index (Phi) is 5.75. The first-order valence-corrected chi connectivity index (χ1v) is 11.9. The molecule has 1 atom stereocenters. The van der Waals surface area contributed by atoms with Crippen molar-refractivity contribution in [2.75, 3.05) is 42.5 Å². The lowest BCUT2D eigenvalue weighted by Crippen LogP contribution is -2.51. The predicted octanol–water partition coefficient (Wildman–Crippen LogP) is 3.16. The molecule has 0 N–H and O–H groups in total. The van der Waals surface area contributed by atoms with E-state index in [0.29, 0.717) is 13.0 Å². The number of amides is 1. The summed E-state index contributed by atoms with van der Waals surface area (Å²) in [6.45, 7) is 3.88. The summed E-state index contributed by atoms with van der Waals surface area (Å²) in [5, 5.41) is 0.841. The van der Waals surface area contributed by atoms with Crippen molar-refractivity contribution < 1.29 is 18.0 Å². The molecule has 3 aromatic heterocycles. The van der Waals surface area contributed by atoms with Gasteiger partial charge < -0.3 is 9.80 Å². The van der Waals surface area contributed by atoms with Crippen molar-refractivity contribution in [1.29, 1.82) is 0 Å². The van der Waals surface area contributed by atoms with E-state index in [4.69, 9.17) is 0 Å². The van der Waals surface area contributed by atoms with Gasteiger partial charge in [0, 0.05) is 87.2 Å². The van der Waals surface area contributed by atoms with Gasteiger partial charge in [-0.3, -0.25) is 14.3 Å². The third-order valence-electron chi connectivity index (χ3n) is 6.94. The standard InChI is InChI=1S/C25H23F3N8O/c26-25(27,28)18-14-31-24(32-15-18)35-7-4-17-12-19(2-3-21(17)35)36-16-20(13-22(36)37)33-8-10-34(11-9-33)23-29-5-1-6-30-23/h1-7,12,14-15,20H,8-11,13,16H2. The van der Waals surface area contributed by atoms with E-state index in [0.717, 1.165) is 61.1 Å². The number of rotatable bonds is 4. The highest BCUT2D eigenvalue weighted by atomic mass is 19.4. The zero-order valence-corrected chi connectivity index (χ0v) is 19.7. The maximum absolute atomic E-state index is 12.9. The maximum atomic E-state index is 12.9. The van der Waals surface area contributed by atoms with Crippen LogP contribution in [-0.2, 0) is 11.0 Å². The summed E-state index contributed by atoms with van der Waals surface area (Å²) in [7, 11) is 0.